The lowest BCUT2D eigenvalue weighted by atomic mass is 9.92. The minimum atomic E-state index is 0.252. The van der Waals surface area contributed by atoms with Crippen molar-refractivity contribution >= 4 is 0 Å². The molecule has 2 N–H and O–H groups in total. The minimum absolute atomic E-state index is 0.252. The highest BCUT2D eigenvalue weighted by atomic mass is 16.5. The molecule has 0 heterocycles. The highest BCUT2D eigenvalue weighted by molar-refractivity contribution is 5.44. The Morgan fingerprint density at radius 2 is 1.79 bits per heavy atom. The van der Waals surface area contributed by atoms with Crippen LogP contribution in [0, 0.1) is 13.8 Å². The zero-order chi connectivity index (χ0) is 14.6. The number of hydrogen-bond acceptors (Lipinski definition) is 3. The maximum absolute atomic E-state index is 5.89. The Morgan fingerprint density at radius 3 is 2.26 bits per heavy atom. The molecule has 0 saturated carbocycles. The summed E-state index contributed by atoms with van der Waals surface area (Å²) in [4.78, 5) is 2.27. The molecule has 1 aromatic rings. The van der Waals surface area contributed by atoms with Crippen LogP contribution in [0.15, 0.2) is 12.1 Å². The van der Waals surface area contributed by atoms with Crippen molar-refractivity contribution in [3.63, 3.8) is 0 Å². The number of methoxy groups -OCH3 is 1. The summed E-state index contributed by atoms with van der Waals surface area (Å²) in [5.41, 5.74) is 9.82. The van der Waals surface area contributed by atoms with E-state index < -0.39 is 0 Å². The van der Waals surface area contributed by atoms with E-state index in [0.717, 1.165) is 18.6 Å². The number of rotatable bonds is 6. The largest absolute Gasteiger partial charge is 0.496 e. The third-order valence-corrected chi connectivity index (χ3v) is 3.88. The topological polar surface area (TPSA) is 38.5 Å². The summed E-state index contributed by atoms with van der Waals surface area (Å²) in [6.45, 7) is 6.37. The van der Waals surface area contributed by atoms with Gasteiger partial charge in [-0.05, 0) is 70.5 Å². The van der Waals surface area contributed by atoms with Crippen molar-refractivity contribution in [2.24, 2.45) is 5.73 Å². The maximum atomic E-state index is 5.89. The van der Waals surface area contributed by atoms with Crippen molar-refractivity contribution in [3.8, 4) is 5.75 Å². The molecule has 0 aliphatic heterocycles. The monoisotopic (exact) mass is 264 g/mol. The van der Waals surface area contributed by atoms with E-state index in [4.69, 9.17) is 10.5 Å². The van der Waals surface area contributed by atoms with Crippen molar-refractivity contribution in [2.45, 2.75) is 45.7 Å². The molecule has 0 aliphatic carbocycles. The molecule has 3 nitrogen and oxygen atoms in total. The van der Waals surface area contributed by atoms with E-state index in [0.29, 0.717) is 6.04 Å². The van der Waals surface area contributed by atoms with Gasteiger partial charge in [0.25, 0.3) is 0 Å². The molecule has 108 valence electrons. The highest BCUT2D eigenvalue weighted by Crippen LogP contribution is 2.32. The van der Waals surface area contributed by atoms with Gasteiger partial charge >= 0.3 is 0 Å². The van der Waals surface area contributed by atoms with Gasteiger partial charge in [0.2, 0.25) is 0 Å². The SMILES string of the molecule is COc1ccc(C(CCC(C)N)N(C)C)c(C)c1C. The summed E-state index contributed by atoms with van der Waals surface area (Å²) in [7, 11) is 5.98. The lowest BCUT2D eigenvalue weighted by molar-refractivity contribution is 0.273. The lowest BCUT2D eigenvalue weighted by Crippen LogP contribution is -2.24. The van der Waals surface area contributed by atoms with Crippen molar-refractivity contribution in [2.75, 3.05) is 21.2 Å². The molecule has 3 heteroatoms. The smallest absolute Gasteiger partial charge is 0.122 e. The van der Waals surface area contributed by atoms with E-state index in [2.05, 4.69) is 51.9 Å². The lowest BCUT2D eigenvalue weighted by Gasteiger charge is -2.28. The third kappa shape index (κ3) is 3.95. The molecule has 0 bridgehead atoms. The Labute approximate surface area is 117 Å². The van der Waals surface area contributed by atoms with Gasteiger partial charge in [-0.25, -0.2) is 0 Å². The van der Waals surface area contributed by atoms with Crippen LogP contribution in [0.5, 0.6) is 5.75 Å². The number of hydrogen-bond donors (Lipinski definition) is 1. The highest BCUT2D eigenvalue weighted by Gasteiger charge is 2.18. The quantitative estimate of drug-likeness (QED) is 0.858. The summed E-state index contributed by atoms with van der Waals surface area (Å²) in [6, 6.07) is 4.92. The van der Waals surface area contributed by atoms with Crippen LogP contribution in [0.25, 0.3) is 0 Å². The Morgan fingerprint density at radius 1 is 1.16 bits per heavy atom. The molecular formula is C16H28N2O. The molecule has 19 heavy (non-hydrogen) atoms. The number of nitrogens with zero attached hydrogens (tertiary/aromatic N) is 1. The summed E-state index contributed by atoms with van der Waals surface area (Å²) in [5, 5.41) is 0. The Balaban J connectivity index is 3.06. The van der Waals surface area contributed by atoms with Gasteiger partial charge in [0, 0.05) is 12.1 Å². The van der Waals surface area contributed by atoms with Crippen LogP contribution in [0.1, 0.15) is 42.5 Å². The second kappa shape index (κ2) is 6.92. The third-order valence-electron chi connectivity index (χ3n) is 3.88. The van der Waals surface area contributed by atoms with Crippen LogP contribution >= 0.6 is 0 Å². The van der Waals surface area contributed by atoms with Gasteiger partial charge in [0.1, 0.15) is 5.75 Å². The first kappa shape index (κ1) is 16.0. The van der Waals surface area contributed by atoms with Gasteiger partial charge in [0.15, 0.2) is 0 Å². The predicted octanol–water partition coefficient (Wildman–Crippen LogP) is 3.04. The maximum Gasteiger partial charge on any atom is 0.122 e. The van der Waals surface area contributed by atoms with E-state index in [1.165, 1.54) is 16.7 Å². The molecule has 0 spiro atoms. The van der Waals surface area contributed by atoms with E-state index in [1.54, 1.807) is 7.11 Å². The fraction of sp³-hybridized carbons (Fsp3) is 0.625. The normalized spacial score (nSPS) is 14.5. The van der Waals surface area contributed by atoms with Crippen LogP contribution < -0.4 is 10.5 Å². The zero-order valence-electron chi connectivity index (χ0n) is 13.2. The number of nitrogens with two attached hydrogens (primary N) is 1. The molecule has 0 radical (unpaired) electrons. The number of benzene rings is 1. The minimum Gasteiger partial charge on any atom is -0.496 e. The van der Waals surface area contributed by atoms with Gasteiger partial charge in [-0.2, -0.15) is 0 Å². The molecule has 0 amide bonds. The molecule has 0 aliphatic rings. The zero-order valence-corrected chi connectivity index (χ0v) is 13.2. The second-order valence-corrected chi connectivity index (χ2v) is 5.64. The fourth-order valence-electron chi connectivity index (χ4n) is 2.51. The molecule has 2 atom stereocenters. The summed E-state index contributed by atoms with van der Waals surface area (Å²) in [6.07, 6.45) is 2.12. The summed E-state index contributed by atoms with van der Waals surface area (Å²) >= 11 is 0. The Kier molecular flexibility index (Phi) is 5.83. The van der Waals surface area contributed by atoms with E-state index in [-0.39, 0.29) is 6.04 Å². The van der Waals surface area contributed by atoms with Gasteiger partial charge in [-0.1, -0.05) is 6.07 Å². The van der Waals surface area contributed by atoms with E-state index in [9.17, 15) is 0 Å². The molecule has 0 saturated heterocycles. The van der Waals surface area contributed by atoms with Crippen LogP contribution in [0.4, 0.5) is 0 Å². The molecule has 1 rings (SSSR count). The first-order chi connectivity index (χ1) is 8.88. The summed E-state index contributed by atoms with van der Waals surface area (Å²) in [5.74, 6) is 0.964. The molecule has 1 aromatic carbocycles. The average Bonchev–Trinajstić information content (AvgIpc) is 2.34. The molecule has 0 aromatic heterocycles. The van der Waals surface area contributed by atoms with Crippen LogP contribution in [-0.4, -0.2) is 32.1 Å². The van der Waals surface area contributed by atoms with Crippen molar-refractivity contribution < 1.29 is 4.74 Å². The van der Waals surface area contributed by atoms with Gasteiger partial charge in [-0.3, -0.25) is 0 Å². The Bertz CT molecular complexity index is 413. The average molecular weight is 264 g/mol. The fourth-order valence-corrected chi connectivity index (χ4v) is 2.51. The standard InChI is InChI=1S/C16H28N2O/c1-11(17)7-9-15(18(4)5)14-8-10-16(19-6)13(3)12(14)2/h8,10-11,15H,7,9,17H2,1-6H3. The van der Waals surface area contributed by atoms with Crippen LogP contribution in [0.2, 0.25) is 0 Å². The van der Waals surface area contributed by atoms with Gasteiger partial charge < -0.3 is 15.4 Å². The van der Waals surface area contributed by atoms with Crippen molar-refractivity contribution in [3.05, 3.63) is 28.8 Å². The van der Waals surface area contributed by atoms with Crippen molar-refractivity contribution in [1.29, 1.82) is 0 Å². The van der Waals surface area contributed by atoms with Gasteiger partial charge in [-0.15, -0.1) is 0 Å². The molecule has 2 unspecified atom stereocenters. The van der Waals surface area contributed by atoms with Crippen LogP contribution in [-0.2, 0) is 0 Å². The molecular weight excluding hydrogens is 236 g/mol. The van der Waals surface area contributed by atoms with Crippen LogP contribution in [0.3, 0.4) is 0 Å². The van der Waals surface area contributed by atoms with E-state index in [1.807, 2.05) is 0 Å². The molecule has 0 fully saturated rings. The van der Waals surface area contributed by atoms with E-state index >= 15 is 0 Å². The van der Waals surface area contributed by atoms with Gasteiger partial charge in [0.05, 0.1) is 7.11 Å². The predicted molar refractivity (Wildman–Crippen MR) is 81.8 cm³/mol. The van der Waals surface area contributed by atoms with Crippen molar-refractivity contribution in [1.82, 2.24) is 4.90 Å². The Hall–Kier alpha value is -1.06. The number of ether oxygens (including phenoxy) is 1. The first-order valence-corrected chi connectivity index (χ1v) is 6.94. The first-order valence-electron chi connectivity index (χ1n) is 6.94. The second-order valence-electron chi connectivity index (χ2n) is 5.64. The summed E-state index contributed by atoms with van der Waals surface area (Å²) < 4.78 is 5.39.